The Morgan fingerprint density at radius 1 is 1.00 bits per heavy atom. The third kappa shape index (κ3) is 3.57. The van der Waals surface area contributed by atoms with E-state index in [1.807, 2.05) is 90.9 Å². The molecule has 6 heteroatoms. The van der Waals surface area contributed by atoms with E-state index in [1.54, 1.807) is 6.07 Å². The fourth-order valence-electron chi connectivity index (χ4n) is 3.36. The fourth-order valence-corrected chi connectivity index (χ4v) is 3.54. The minimum absolute atomic E-state index is 0.226. The molecule has 0 aliphatic carbocycles. The number of aryl methyl sites for hydroxylation is 2. The van der Waals surface area contributed by atoms with Gasteiger partial charge in [-0.2, -0.15) is 5.10 Å². The van der Waals surface area contributed by atoms with E-state index < -0.39 is 0 Å². The molecule has 2 heterocycles. The summed E-state index contributed by atoms with van der Waals surface area (Å²) in [6.45, 7) is 5.76. The maximum Gasteiger partial charge on any atom is 0.261 e. The lowest BCUT2D eigenvalue weighted by Crippen LogP contribution is -2.16. The molecule has 4 aromatic rings. The van der Waals surface area contributed by atoms with Crippen LogP contribution in [-0.4, -0.2) is 20.3 Å². The molecule has 0 fully saturated rings. The lowest BCUT2D eigenvalue weighted by atomic mass is 10.1. The van der Waals surface area contributed by atoms with E-state index >= 15 is 0 Å². The zero-order valence-corrected chi connectivity index (χ0v) is 17.2. The van der Waals surface area contributed by atoms with Crippen molar-refractivity contribution in [1.29, 1.82) is 0 Å². The molecule has 2 aromatic heterocycles. The van der Waals surface area contributed by atoms with Gasteiger partial charge in [0.15, 0.2) is 5.82 Å². The van der Waals surface area contributed by atoms with E-state index in [0.717, 1.165) is 16.8 Å². The minimum atomic E-state index is -0.226. The summed E-state index contributed by atoms with van der Waals surface area (Å²) in [5.74, 6) is 0.464. The maximum atomic E-state index is 13.3. The monoisotopic (exact) mass is 404 g/mol. The summed E-state index contributed by atoms with van der Waals surface area (Å²) < 4.78 is 3.71. The Bertz CT molecular complexity index is 1190. The smallest absolute Gasteiger partial charge is 0.261 e. The SMILES string of the molecule is Cc1cccc(-n2nc(C)c(C(=O)Nc3cccc(Cl)c3C)c2-n2cccc2)c1. The van der Waals surface area contributed by atoms with Crippen LogP contribution in [0, 0.1) is 20.8 Å². The van der Waals surface area contributed by atoms with Gasteiger partial charge in [0.25, 0.3) is 5.91 Å². The number of nitrogens with zero attached hydrogens (tertiary/aromatic N) is 3. The highest BCUT2D eigenvalue weighted by molar-refractivity contribution is 6.31. The Balaban J connectivity index is 1.85. The Kier molecular flexibility index (Phi) is 4.99. The molecular formula is C23H21ClN4O. The molecule has 5 nitrogen and oxygen atoms in total. The van der Waals surface area contributed by atoms with Crippen LogP contribution in [0.4, 0.5) is 5.69 Å². The van der Waals surface area contributed by atoms with Gasteiger partial charge in [0.05, 0.1) is 11.4 Å². The van der Waals surface area contributed by atoms with Crippen molar-refractivity contribution in [1.82, 2.24) is 14.3 Å². The molecular weight excluding hydrogens is 384 g/mol. The molecule has 0 bridgehead atoms. The van der Waals surface area contributed by atoms with Gasteiger partial charge in [-0.1, -0.05) is 29.8 Å². The second-order valence-electron chi connectivity index (χ2n) is 6.99. The topological polar surface area (TPSA) is 51.9 Å². The van der Waals surface area contributed by atoms with Crippen molar-refractivity contribution in [3.8, 4) is 11.5 Å². The van der Waals surface area contributed by atoms with Crippen LogP contribution in [0.5, 0.6) is 0 Å². The van der Waals surface area contributed by atoms with Crippen molar-refractivity contribution in [2.75, 3.05) is 5.32 Å². The minimum Gasteiger partial charge on any atom is -0.322 e. The van der Waals surface area contributed by atoms with Crippen molar-refractivity contribution in [2.45, 2.75) is 20.8 Å². The number of carbonyl (C=O) groups is 1. The predicted octanol–water partition coefficient (Wildman–Crippen LogP) is 5.49. The number of amides is 1. The Morgan fingerprint density at radius 3 is 2.45 bits per heavy atom. The lowest BCUT2D eigenvalue weighted by molar-refractivity contribution is 0.102. The van der Waals surface area contributed by atoms with Gasteiger partial charge in [-0.3, -0.25) is 4.79 Å². The van der Waals surface area contributed by atoms with Gasteiger partial charge >= 0.3 is 0 Å². The van der Waals surface area contributed by atoms with Crippen molar-refractivity contribution in [3.05, 3.63) is 94.4 Å². The molecule has 0 saturated heterocycles. The molecule has 0 aliphatic heterocycles. The average Bonchev–Trinajstić information content (AvgIpc) is 3.33. The van der Waals surface area contributed by atoms with Crippen LogP contribution in [0.2, 0.25) is 5.02 Å². The Morgan fingerprint density at radius 2 is 1.72 bits per heavy atom. The van der Waals surface area contributed by atoms with Crippen molar-refractivity contribution < 1.29 is 4.79 Å². The van der Waals surface area contributed by atoms with Crippen molar-refractivity contribution in [3.63, 3.8) is 0 Å². The van der Waals surface area contributed by atoms with Gasteiger partial charge in [-0.25, -0.2) is 4.68 Å². The highest BCUT2D eigenvalue weighted by Crippen LogP contribution is 2.27. The lowest BCUT2D eigenvalue weighted by Gasteiger charge is -2.13. The number of benzene rings is 2. The normalized spacial score (nSPS) is 10.9. The number of rotatable bonds is 4. The van der Waals surface area contributed by atoms with Gasteiger partial charge in [-0.15, -0.1) is 0 Å². The largest absolute Gasteiger partial charge is 0.322 e. The molecule has 0 atom stereocenters. The highest BCUT2D eigenvalue weighted by Gasteiger charge is 2.24. The second-order valence-corrected chi connectivity index (χ2v) is 7.40. The van der Waals surface area contributed by atoms with Gasteiger partial charge in [0.2, 0.25) is 0 Å². The molecule has 0 saturated carbocycles. The molecule has 0 aliphatic rings. The van der Waals surface area contributed by atoms with Crippen LogP contribution in [0.25, 0.3) is 11.5 Å². The Labute approximate surface area is 174 Å². The van der Waals surface area contributed by atoms with Crippen LogP contribution in [0.3, 0.4) is 0 Å². The first-order valence-corrected chi connectivity index (χ1v) is 9.70. The molecule has 2 aromatic carbocycles. The van der Waals surface area contributed by atoms with E-state index in [-0.39, 0.29) is 5.91 Å². The van der Waals surface area contributed by atoms with E-state index in [1.165, 1.54) is 0 Å². The molecule has 4 rings (SSSR count). The number of hydrogen-bond acceptors (Lipinski definition) is 2. The van der Waals surface area contributed by atoms with Crippen LogP contribution in [0.15, 0.2) is 67.0 Å². The van der Waals surface area contributed by atoms with Gasteiger partial charge in [0, 0.05) is 23.1 Å². The van der Waals surface area contributed by atoms with Crippen LogP contribution in [0.1, 0.15) is 27.2 Å². The third-order valence-electron chi connectivity index (χ3n) is 4.87. The first-order valence-electron chi connectivity index (χ1n) is 9.32. The number of anilines is 1. The van der Waals surface area contributed by atoms with Crippen LogP contribution < -0.4 is 5.32 Å². The summed E-state index contributed by atoms with van der Waals surface area (Å²) in [4.78, 5) is 13.3. The zero-order valence-electron chi connectivity index (χ0n) is 16.5. The maximum absolute atomic E-state index is 13.3. The highest BCUT2D eigenvalue weighted by atomic mass is 35.5. The summed E-state index contributed by atoms with van der Waals surface area (Å²) in [5.41, 5.74) is 4.69. The number of hydrogen-bond donors (Lipinski definition) is 1. The number of carbonyl (C=O) groups excluding carboxylic acids is 1. The third-order valence-corrected chi connectivity index (χ3v) is 5.28. The number of nitrogens with one attached hydrogen (secondary N) is 1. The molecule has 1 amide bonds. The summed E-state index contributed by atoms with van der Waals surface area (Å²) in [5, 5.41) is 8.30. The summed E-state index contributed by atoms with van der Waals surface area (Å²) in [6.07, 6.45) is 3.81. The van der Waals surface area contributed by atoms with Crippen LogP contribution in [-0.2, 0) is 0 Å². The summed E-state index contributed by atoms with van der Waals surface area (Å²) in [6, 6.07) is 17.4. The molecule has 146 valence electrons. The standard InChI is InChI=1S/C23H21ClN4O/c1-15-8-6-9-18(14-15)28-23(27-12-4-5-13-27)21(17(3)26-28)22(29)25-20-11-7-10-19(24)16(20)2/h4-14H,1-3H3,(H,25,29). The molecule has 0 spiro atoms. The van der Waals surface area contributed by atoms with Gasteiger partial charge in [-0.05, 0) is 68.3 Å². The molecule has 0 unspecified atom stereocenters. The summed E-state index contributed by atoms with van der Waals surface area (Å²) in [7, 11) is 0. The molecule has 29 heavy (non-hydrogen) atoms. The molecule has 1 N–H and O–H groups in total. The van der Waals surface area contributed by atoms with E-state index in [4.69, 9.17) is 11.6 Å². The van der Waals surface area contributed by atoms with Crippen molar-refractivity contribution in [2.24, 2.45) is 0 Å². The quantitative estimate of drug-likeness (QED) is 0.488. The average molecular weight is 405 g/mol. The second kappa shape index (κ2) is 7.60. The number of halogens is 1. The zero-order chi connectivity index (χ0) is 20.5. The Hall–Kier alpha value is -3.31. The first-order chi connectivity index (χ1) is 14.0. The van der Waals surface area contributed by atoms with Gasteiger partial charge < -0.3 is 9.88 Å². The van der Waals surface area contributed by atoms with E-state index in [9.17, 15) is 4.79 Å². The van der Waals surface area contributed by atoms with E-state index in [2.05, 4.69) is 10.4 Å². The first kappa shape index (κ1) is 19.0. The fraction of sp³-hybridized carbons (Fsp3) is 0.130. The summed E-state index contributed by atoms with van der Waals surface area (Å²) >= 11 is 6.21. The number of aromatic nitrogens is 3. The van der Waals surface area contributed by atoms with Crippen LogP contribution >= 0.6 is 11.6 Å². The van der Waals surface area contributed by atoms with Crippen molar-refractivity contribution >= 4 is 23.2 Å². The van der Waals surface area contributed by atoms with E-state index in [0.29, 0.717) is 27.8 Å². The molecule has 0 radical (unpaired) electrons. The predicted molar refractivity (Wildman–Crippen MR) is 117 cm³/mol. The van der Waals surface area contributed by atoms with Gasteiger partial charge in [0.1, 0.15) is 5.56 Å².